The van der Waals surface area contributed by atoms with Crippen molar-refractivity contribution >= 4 is 40.5 Å². The van der Waals surface area contributed by atoms with Crippen molar-refractivity contribution in [1.82, 2.24) is 0 Å². The van der Waals surface area contributed by atoms with Crippen LogP contribution in [0.2, 0.25) is 0 Å². The molecule has 3 aromatic carbocycles. The molecule has 7 heteroatoms. The molecule has 2 N–H and O–H groups in total. The van der Waals surface area contributed by atoms with Crippen molar-refractivity contribution in [3.8, 4) is 0 Å². The Bertz CT molecular complexity index is 1110. The molecule has 0 aromatic heterocycles. The Balaban J connectivity index is 1.91. The van der Waals surface area contributed by atoms with Crippen LogP contribution in [0.3, 0.4) is 0 Å². The zero-order valence-electron chi connectivity index (χ0n) is 16.2. The molecule has 0 bridgehead atoms. The molecule has 3 aromatic rings. The highest BCUT2D eigenvalue weighted by atomic mass is 16.6. The third-order valence-corrected chi connectivity index (χ3v) is 4.18. The molecular weight excluding hydrogens is 382 g/mol. The Kier molecular flexibility index (Phi) is 6.34. The molecule has 150 valence electrons. The van der Waals surface area contributed by atoms with E-state index >= 15 is 0 Å². The first-order chi connectivity index (χ1) is 14.4. The summed E-state index contributed by atoms with van der Waals surface area (Å²) in [6, 6.07) is 21.9. The van der Waals surface area contributed by atoms with Gasteiger partial charge in [-0.1, -0.05) is 42.5 Å². The van der Waals surface area contributed by atoms with Crippen LogP contribution in [0.15, 0.2) is 78.9 Å². The number of amides is 2. The molecule has 7 nitrogen and oxygen atoms in total. The molecule has 2 amide bonds. The summed E-state index contributed by atoms with van der Waals surface area (Å²) in [6.07, 6.45) is 1.61. The lowest BCUT2D eigenvalue weighted by Gasteiger charge is -2.11. The Morgan fingerprint density at radius 3 is 2.10 bits per heavy atom. The summed E-state index contributed by atoms with van der Waals surface area (Å²) in [5, 5.41) is 16.5. The van der Waals surface area contributed by atoms with E-state index in [4.69, 9.17) is 0 Å². The number of anilines is 2. The average Bonchev–Trinajstić information content (AvgIpc) is 2.74. The van der Waals surface area contributed by atoms with E-state index < -0.39 is 4.92 Å². The number of benzene rings is 3. The Morgan fingerprint density at radius 2 is 1.50 bits per heavy atom. The Labute approximate surface area is 173 Å². The number of non-ortho nitro benzene ring substituents is 1. The summed E-state index contributed by atoms with van der Waals surface area (Å²) in [4.78, 5) is 34.7. The van der Waals surface area contributed by atoms with E-state index in [2.05, 4.69) is 10.6 Å². The maximum atomic E-state index is 13.0. The average molecular weight is 401 g/mol. The topological polar surface area (TPSA) is 101 Å². The minimum Gasteiger partial charge on any atom is -0.326 e. The van der Waals surface area contributed by atoms with E-state index in [1.807, 2.05) is 18.2 Å². The molecule has 0 atom stereocenters. The maximum Gasteiger partial charge on any atom is 0.270 e. The predicted octanol–water partition coefficient (Wildman–Crippen LogP) is 4.73. The highest BCUT2D eigenvalue weighted by Gasteiger charge is 2.14. The number of carbonyl (C=O) groups is 2. The number of rotatable bonds is 6. The highest BCUT2D eigenvalue weighted by Crippen LogP contribution is 2.23. The lowest BCUT2D eigenvalue weighted by atomic mass is 10.0. The minimum absolute atomic E-state index is 0.0508. The predicted molar refractivity (Wildman–Crippen MR) is 117 cm³/mol. The van der Waals surface area contributed by atoms with Crippen molar-refractivity contribution in [2.45, 2.75) is 6.92 Å². The summed E-state index contributed by atoms with van der Waals surface area (Å²) < 4.78 is 0. The van der Waals surface area contributed by atoms with E-state index in [0.717, 1.165) is 0 Å². The first-order valence-electron chi connectivity index (χ1n) is 9.13. The van der Waals surface area contributed by atoms with Crippen LogP contribution in [0.4, 0.5) is 17.1 Å². The molecule has 0 saturated carbocycles. The van der Waals surface area contributed by atoms with Crippen molar-refractivity contribution < 1.29 is 14.5 Å². The number of nitrogens with one attached hydrogen (secondary N) is 2. The van der Waals surface area contributed by atoms with E-state index in [1.165, 1.54) is 19.1 Å². The molecule has 0 unspecified atom stereocenters. The van der Waals surface area contributed by atoms with Gasteiger partial charge in [-0.3, -0.25) is 19.7 Å². The van der Waals surface area contributed by atoms with Crippen LogP contribution in [-0.4, -0.2) is 16.7 Å². The van der Waals surface area contributed by atoms with Gasteiger partial charge in [-0.15, -0.1) is 0 Å². The van der Waals surface area contributed by atoms with Crippen molar-refractivity contribution in [3.05, 3.63) is 100 Å². The fourth-order valence-corrected chi connectivity index (χ4v) is 2.83. The van der Waals surface area contributed by atoms with Crippen LogP contribution in [0.25, 0.3) is 11.6 Å². The quantitative estimate of drug-likeness (QED) is 0.270. The summed E-state index contributed by atoms with van der Waals surface area (Å²) in [6.45, 7) is 1.42. The molecule has 30 heavy (non-hydrogen) atoms. The van der Waals surface area contributed by atoms with Crippen molar-refractivity contribution in [2.75, 3.05) is 10.6 Å². The molecule has 0 saturated heterocycles. The van der Waals surface area contributed by atoms with Crippen molar-refractivity contribution in [1.29, 1.82) is 0 Å². The second-order valence-corrected chi connectivity index (χ2v) is 6.49. The molecule has 0 aliphatic heterocycles. The van der Waals surface area contributed by atoms with Crippen LogP contribution < -0.4 is 10.6 Å². The van der Waals surface area contributed by atoms with E-state index in [-0.39, 0.29) is 17.5 Å². The van der Waals surface area contributed by atoms with Gasteiger partial charge in [0, 0.05) is 36.0 Å². The number of carbonyl (C=O) groups excluding carboxylic acids is 2. The van der Waals surface area contributed by atoms with Crippen molar-refractivity contribution in [2.24, 2.45) is 0 Å². The largest absolute Gasteiger partial charge is 0.326 e. The Morgan fingerprint density at radius 1 is 0.867 bits per heavy atom. The molecule has 0 spiro atoms. The van der Waals surface area contributed by atoms with Gasteiger partial charge in [-0.05, 0) is 41.5 Å². The Hall–Kier alpha value is -4.26. The lowest BCUT2D eigenvalue weighted by molar-refractivity contribution is -0.384. The zero-order valence-corrected chi connectivity index (χ0v) is 16.2. The highest BCUT2D eigenvalue weighted by molar-refractivity contribution is 6.29. The number of nitro benzene ring substituents is 1. The summed E-state index contributed by atoms with van der Waals surface area (Å²) in [5.41, 5.74) is 2.70. The van der Waals surface area contributed by atoms with Crippen LogP contribution >= 0.6 is 0 Å². The first-order valence-corrected chi connectivity index (χ1v) is 9.13. The van der Waals surface area contributed by atoms with E-state index in [1.54, 1.807) is 54.6 Å². The third kappa shape index (κ3) is 5.39. The van der Waals surface area contributed by atoms with Crippen LogP contribution in [0, 0.1) is 10.1 Å². The molecule has 0 aliphatic carbocycles. The number of nitrogens with zero attached hydrogens (tertiary/aromatic N) is 1. The summed E-state index contributed by atoms with van der Waals surface area (Å²) in [5.74, 6) is -0.543. The fourth-order valence-electron chi connectivity index (χ4n) is 2.83. The van der Waals surface area contributed by atoms with Gasteiger partial charge < -0.3 is 10.6 Å². The van der Waals surface area contributed by atoms with Gasteiger partial charge in [-0.25, -0.2) is 0 Å². The fraction of sp³-hybridized carbons (Fsp3) is 0.0435. The number of nitro groups is 1. The SMILES string of the molecule is CC(=O)Nc1ccc(NC(=O)/C(=C/c2cccc([N+](=O)[O-])c2)c2ccccc2)cc1. The van der Waals surface area contributed by atoms with Crippen LogP contribution in [0.5, 0.6) is 0 Å². The molecule has 0 radical (unpaired) electrons. The van der Waals surface area contributed by atoms with E-state index in [9.17, 15) is 19.7 Å². The van der Waals surface area contributed by atoms with Gasteiger partial charge in [-0.2, -0.15) is 0 Å². The maximum absolute atomic E-state index is 13.0. The van der Waals surface area contributed by atoms with Crippen molar-refractivity contribution in [3.63, 3.8) is 0 Å². The second kappa shape index (κ2) is 9.29. The minimum atomic E-state index is -0.476. The zero-order chi connectivity index (χ0) is 21.5. The first kappa shape index (κ1) is 20.5. The van der Waals surface area contributed by atoms with E-state index in [0.29, 0.717) is 28.1 Å². The van der Waals surface area contributed by atoms with Gasteiger partial charge in [0.05, 0.1) is 4.92 Å². The van der Waals surface area contributed by atoms with Gasteiger partial charge in [0.2, 0.25) is 5.91 Å². The van der Waals surface area contributed by atoms with Crippen LogP contribution in [0.1, 0.15) is 18.1 Å². The smallest absolute Gasteiger partial charge is 0.270 e. The molecule has 3 rings (SSSR count). The molecule has 0 aliphatic rings. The van der Waals surface area contributed by atoms with Gasteiger partial charge in [0.1, 0.15) is 0 Å². The summed E-state index contributed by atoms with van der Waals surface area (Å²) in [7, 11) is 0. The van der Waals surface area contributed by atoms with Gasteiger partial charge in [0.25, 0.3) is 11.6 Å². The standard InChI is InChI=1S/C23H19N3O4/c1-16(27)24-19-10-12-20(13-11-19)25-23(28)22(18-7-3-2-4-8-18)15-17-6-5-9-21(14-17)26(29)30/h2-15H,1H3,(H,24,27)(H,25,28)/b22-15+. The molecule has 0 heterocycles. The monoisotopic (exact) mass is 401 g/mol. The second-order valence-electron chi connectivity index (χ2n) is 6.49. The van der Waals surface area contributed by atoms with Crippen LogP contribution in [-0.2, 0) is 9.59 Å². The number of hydrogen-bond acceptors (Lipinski definition) is 4. The normalized spacial score (nSPS) is 10.9. The lowest BCUT2D eigenvalue weighted by Crippen LogP contribution is -2.14. The van der Waals surface area contributed by atoms with Gasteiger partial charge >= 0.3 is 0 Å². The molecular formula is C23H19N3O4. The molecule has 0 fully saturated rings. The number of hydrogen-bond donors (Lipinski definition) is 2. The summed E-state index contributed by atoms with van der Waals surface area (Å²) >= 11 is 0. The van der Waals surface area contributed by atoms with Gasteiger partial charge in [0.15, 0.2) is 0 Å². The third-order valence-electron chi connectivity index (χ3n) is 4.18.